The molecule has 0 spiro atoms. The first-order valence-corrected chi connectivity index (χ1v) is 5.78. The van der Waals surface area contributed by atoms with Gasteiger partial charge in [0.1, 0.15) is 0 Å². The summed E-state index contributed by atoms with van der Waals surface area (Å²) < 4.78 is 19.2. The molecule has 5 nitrogen and oxygen atoms in total. The molecule has 0 aliphatic heterocycles. The number of hydrogen-bond acceptors (Lipinski definition) is 4. The summed E-state index contributed by atoms with van der Waals surface area (Å²) in [6, 6.07) is 4.82. The van der Waals surface area contributed by atoms with Crippen LogP contribution in [0.3, 0.4) is 0 Å². The maximum Gasteiger partial charge on any atom is 0.224 e. The Balaban J connectivity index is 2.33. The summed E-state index contributed by atoms with van der Waals surface area (Å²) in [4.78, 5) is 8.06. The molecule has 0 atom stereocenters. The van der Waals surface area contributed by atoms with Gasteiger partial charge in [-0.2, -0.15) is 10.1 Å². The topological polar surface area (TPSA) is 63.7 Å². The molecule has 2 heterocycles. The highest BCUT2D eigenvalue weighted by molar-refractivity contribution is 6.28. The molecule has 0 fully saturated rings. The Morgan fingerprint density at radius 1 is 1.32 bits per heavy atom. The van der Waals surface area contributed by atoms with Crippen molar-refractivity contribution in [1.82, 2.24) is 20.2 Å². The largest absolute Gasteiger partial charge is 0.494 e. The highest BCUT2D eigenvalue weighted by atomic mass is 35.5. The van der Waals surface area contributed by atoms with Crippen molar-refractivity contribution in [3.8, 4) is 17.0 Å². The summed E-state index contributed by atoms with van der Waals surface area (Å²) in [5.41, 5.74) is 1.12. The molecule has 0 unspecified atom stereocenters. The van der Waals surface area contributed by atoms with Gasteiger partial charge in [-0.1, -0.05) is 6.07 Å². The Morgan fingerprint density at radius 2 is 2.16 bits per heavy atom. The number of fused-ring (bicyclic) bond motifs is 1. The second kappa shape index (κ2) is 4.47. The lowest BCUT2D eigenvalue weighted by molar-refractivity contribution is 0.387. The zero-order chi connectivity index (χ0) is 13.4. The molecule has 0 aliphatic carbocycles. The number of aromatic amines is 1. The van der Waals surface area contributed by atoms with Crippen molar-refractivity contribution in [1.29, 1.82) is 0 Å². The average molecular weight is 279 g/mol. The molecule has 1 aromatic carbocycles. The molecule has 0 aliphatic rings. The Hall–Kier alpha value is -2.21. The van der Waals surface area contributed by atoms with Crippen LogP contribution in [0.4, 0.5) is 4.39 Å². The monoisotopic (exact) mass is 278 g/mol. The molecule has 0 saturated heterocycles. The lowest BCUT2D eigenvalue weighted by Gasteiger charge is -2.07. The second-order valence-corrected chi connectivity index (χ2v) is 4.13. The van der Waals surface area contributed by atoms with Crippen LogP contribution in [0.1, 0.15) is 0 Å². The molecule has 19 heavy (non-hydrogen) atoms. The van der Waals surface area contributed by atoms with E-state index >= 15 is 0 Å². The molecule has 0 bridgehead atoms. The minimum absolute atomic E-state index is 0.0222. The predicted molar refractivity (Wildman–Crippen MR) is 68.6 cm³/mol. The molecule has 2 aromatic heterocycles. The quantitative estimate of drug-likeness (QED) is 0.732. The van der Waals surface area contributed by atoms with Crippen molar-refractivity contribution in [2.24, 2.45) is 0 Å². The van der Waals surface area contributed by atoms with E-state index in [4.69, 9.17) is 16.3 Å². The molecule has 3 rings (SSSR count). The van der Waals surface area contributed by atoms with Gasteiger partial charge >= 0.3 is 0 Å². The molecule has 0 saturated carbocycles. The molecule has 0 radical (unpaired) electrons. The number of nitrogens with zero attached hydrogens (tertiary/aromatic N) is 3. The highest BCUT2D eigenvalue weighted by Gasteiger charge is 2.16. The van der Waals surface area contributed by atoms with Gasteiger partial charge in [-0.3, -0.25) is 5.10 Å². The highest BCUT2D eigenvalue weighted by Crippen LogP contribution is 2.32. The van der Waals surface area contributed by atoms with Crippen molar-refractivity contribution in [3.63, 3.8) is 0 Å². The summed E-state index contributed by atoms with van der Waals surface area (Å²) in [6.45, 7) is 0. The van der Waals surface area contributed by atoms with Gasteiger partial charge in [0.15, 0.2) is 17.2 Å². The van der Waals surface area contributed by atoms with Gasteiger partial charge in [0.05, 0.1) is 24.4 Å². The van der Waals surface area contributed by atoms with E-state index in [2.05, 4.69) is 20.2 Å². The predicted octanol–water partition coefficient (Wildman–Crippen LogP) is 2.82. The third-order valence-corrected chi connectivity index (χ3v) is 2.89. The summed E-state index contributed by atoms with van der Waals surface area (Å²) >= 11 is 5.83. The van der Waals surface area contributed by atoms with Gasteiger partial charge in [-0.15, -0.1) is 0 Å². The van der Waals surface area contributed by atoms with Crippen molar-refractivity contribution in [3.05, 3.63) is 35.5 Å². The minimum Gasteiger partial charge on any atom is -0.494 e. The summed E-state index contributed by atoms with van der Waals surface area (Å²) in [6.07, 6.45) is 1.53. The standard InChI is InChI=1S/C12H8ClFN4O/c1-19-8-4-2-3-6(9(8)14)10-7-5-15-18-11(7)17-12(13)16-10/h2-5H,1H3,(H,15,16,17,18). The third kappa shape index (κ3) is 1.90. The van der Waals surface area contributed by atoms with Crippen LogP contribution in [0.2, 0.25) is 5.28 Å². The lowest BCUT2D eigenvalue weighted by Crippen LogP contribution is -1.95. The van der Waals surface area contributed by atoms with Crippen LogP contribution in [0.5, 0.6) is 5.75 Å². The zero-order valence-electron chi connectivity index (χ0n) is 9.82. The fourth-order valence-electron chi connectivity index (χ4n) is 1.86. The lowest BCUT2D eigenvalue weighted by atomic mass is 10.1. The summed E-state index contributed by atoms with van der Waals surface area (Å²) in [5, 5.41) is 7.16. The van der Waals surface area contributed by atoms with Crippen LogP contribution < -0.4 is 4.74 Å². The van der Waals surface area contributed by atoms with E-state index in [1.165, 1.54) is 19.4 Å². The minimum atomic E-state index is -0.498. The maximum absolute atomic E-state index is 14.3. The number of benzene rings is 1. The number of nitrogens with one attached hydrogen (secondary N) is 1. The van der Waals surface area contributed by atoms with Gasteiger partial charge < -0.3 is 4.74 Å². The molecule has 7 heteroatoms. The van der Waals surface area contributed by atoms with E-state index in [1.54, 1.807) is 12.1 Å². The number of aromatic nitrogens is 4. The number of rotatable bonds is 2. The van der Waals surface area contributed by atoms with Crippen molar-refractivity contribution in [2.45, 2.75) is 0 Å². The maximum atomic E-state index is 14.3. The van der Waals surface area contributed by atoms with Crippen LogP contribution in [-0.2, 0) is 0 Å². The SMILES string of the molecule is COc1cccc(-c2nc(Cl)nc3[nH]ncc23)c1F. The van der Waals surface area contributed by atoms with Crippen LogP contribution in [-0.4, -0.2) is 27.3 Å². The molecule has 96 valence electrons. The van der Waals surface area contributed by atoms with Gasteiger partial charge in [0.2, 0.25) is 5.28 Å². The van der Waals surface area contributed by atoms with Crippen LogP contribution in [0.15, 0.2) is 24.4 Å². The number of ether oxygens (including phenoxy) is 1. The molecular weight excluding hydrogens is 271 g/mol. The van der Waals surface area contributed by atoms with Gasteiger partial charge in [-0.05, 0) is 23.7 Å². The number of hydrogen-bond donors (Lipinski definition) is 1. The van der Waals surface area contributed by atoms with Gasteiger partial charge in [-0.25, -0.2) is 9.37 Å². The fraction of sp³-hybridized carbons (Fsp3) is 0.0833. The Kier molecular flexibility index (Phi) is 2.79. The molecular formula is C12H8ClFN4O. The second-order valence-electron chi connectivity index (χ2n) is 3.80. The van der Waals surface area contributed by atoms with Crippen molar-refractivity contribution in [2.75, 3.05) is 7.11 Å². The Morgan fingerprint density at radius 3 is 2.95 bits per heavy atom. The Labute approximate surface area is 112 Å². The van der Waals surface area contributed by atoms with E-state index in [-0.39, 0.29) is 16.6 Å². The summed E-state index contributed by atoms with van der Waals surface area (Å²) in [7, 11) is 1.41. The zero-order valence-corrected chi connectivity index (χ0v) is 10.6. The Bertz CT molecular complexity index is 759. The van der Waals surface area contributed by atoms with Crippen LogP contribution >= 0.6 is 11.6 Å². The number of halogens is 2. The smallest absolute Gasteiger partial charge is 0.224 e. The number of H-pyrrole nitrogens is 1. The van der Waals surface area contributed by atoms with Crippen LogP contribution in [0.25, 0.3) is 22.3 Å². The van der Waals surface area contributed by atoms with E-state index in [1.807, 2.05) is 0 Å². The summed E-state index contributed by atoms with van der Waals surface area (Å²) in [5.74, 6) is -0.355. The van der Waals surface area contributed by atoms with E-state index in [0.29, 0.717) is 16.7 Å². The first-order valence-electron chi connectivity index (χ1n) is 5.40. The molecule has 0 amide bonds. The van der Waals surface area contributed by atoms with Crippen molar-refractivity contribution >= 4 is 22.6 Å². The third-order valence-electron chi connectivity index (χ3n) is 2.72. The first kappa shape index (κ1) is 11.9. The normalized spacial score (nSPS) is 10.9. The van der Waals surface area contributed by atoms with Crippen LogP contribution in [0, 0.1) is 5.82 Å². The average Bonchev–Trinajstić information content (AvgIpc) is 2.86. The van der Waals surface area contributed by atoms with Gasteiger partial charge in [0, 0.05) is 5.56 Å². The first-order chi connectivity index (χ1) is 9.20. The van der Waals surface area contributed by atoms with E-state index in [0.717, 1.165) is 0 Å². The van der Waals surface area contributed by atoms with Crippen molar-refractivity contribution < 1.29 is 9.13 Å². The number of methoxy groups -OCH3 is 1. The van der Waals surface area contributed by atoms with E-state index < -0.39 is 5.82 Å². The molecule has 1 N–H and O–H groups in total. The fourth-order valence-corrected chi connectivity index (χ4v) is 2.03. The van der Waals surface area contributed by atoms with E-state index in [9.17, 15) is 4.39 Å². The molecule has 3 aromatic rings. The van der Waals surface area contributed by atoms with Gasteiger partial charge in [0.25, 0.3) is 0 Å².